The van der Waals surface area contributed by atoms with E-state index < -0.39 is 0 Å². The second-order valence-corrected chi connectivity index (χ2v) is 2.66. The fourth-order valence-corrected chi connectivity index (χ4v) is 1.06. The minimum Gasteiger partial charge on any atom is -0.269 e. The van der Waals surface area contributed by atoms with Crippen molar-refractivity contribution in [1.29, 1.82) is 0 Å². The molecule has 0 aliphatic carbocycles. The molecule has 0 amide bonds. The average molecular weight is 106 g/mol. The maximum atomic E-state index is 2.26. The molecule has 0 aliphatic heterocycles. The number of rotatable bonds is 3. The largest absolute Gasteiger partial charge is 0.269 e. The van der Waals surface area contributed by atoms with Crippen LogP contribution >= 0.6 is 11.8 Å². The van der Waals surface area contributed by atoms with Crippen molar-refractivity contribution in [2.75, 3.05) is 12.0 Å². The Hall–Kier alpha value is 0.350. The Morgan fingerprint density at radius 1 is 1.50 bits per heavy atom. The Bertz CT molecular complexity index is 15.9. The Morgan fingerprint density at radius 3 is 2.33 bits per heavy atom. The minimum atomic E-state index is 1.16. The summed E-state index contributed by atoms with van der Waals surface area (Å²) in [5, 5.41) is 0. The van der Waals surface area contributed by atoms with Crippen molar-refractivity contribution < 1.29 is 0 Å². The first-order chi connectivity index (χ1) is 2.91. The van der Waals surface area contributed by atoms with E-state index in [0.717, 1.165) is 11.8 Å². The van der Waals surface area contributed by atoms with Gasteiger partial charge in [-0.3, -0.25) is 11.8 Å². The van der Waals surface area contributed by atoms with Crippen LogP contribution < -0.4 is 0 Å². The van der Waals surface area contributed by atoms with Crippen LogP contribution in [0.1, 0.15) is 19.8 Å². The summed E-state index contributed by atoms with van der Waals surface area (Å²) < 4.78 is 0. The summed E-state index contributed by atoms with van der Waals surface area (Å²) in [6.45, 7) is 2.24. The van der Waals surface area contributed by atoms with E-state index in [1.54, 1.807) is 0 Å². The first-order valence-corrected chi connectivity index (χ1v) is 4.27. The standard InChI is InChI=1S/C5H14S/c1-3-4-5-6-2/h3-6H2,1-2H3. The SMILES string of the molecule is CCCC[SH2]C. The first kappa shape index (κ1) is 6.35. The van der Waals surface area contributed by atoms with E-state index in [4.69, 9.17) is 0 Å². The second kappa shape index (κ2) is 5.35. The second-order valence-electron chi connectivity index (χ2n) is 1.46. The van der Waals surface area contributed by atoms with E-state index in [9.17, 15) is 0 Å². The van der Waals surface area contributed by atoms with E-state index >= 15 is 0 Å². The van der Waals surface area contributed by atoms with Crippen LogP contribution in [0, 0.1) is 0 Å². The molecule has 0 radical (unpaired) electrons. The summed E-state index contributed by atoms with van der Waals surface area (Å²) >= 11 is 1.16. The lowest BCUT2D eigenvalue weighted by Gasteiger charge is -1.89. The highest BCUT2D eigenvalue weighted by Gasteiger charge is 1.73. The number of hydrogen-bond acceptors (Lipinski definition) is 0. The third-order valence-electron chi connectivity index (χ3n) is 0.780. The molecule has 1 heteroatoms. The predicted octanol–water partition coefficient (Wildman–Crippen LogP) is 1.61. The highest BCUT2D eigenvalue weighted by atomic mass is 32.2. The maximum absolute atomic E-state index is 2.26. The molecule has 0 spiro atoms. The van der Waals surface area contributed by atoms with Crippen LogP contribution in [-0.2, 0) is 0 Å². The van der Waals surface area contributed by atoms with Gasteiger partial charge >= 0.3 is 0 Å². The van der Waals surface area contributed by atoms with Gasteiger partial charge in [0.05, 0.1) is 0 Å². The van der Waals surface area contributed by atoms with Crippen LogP contribution in [0.5, 0.6) is 0 Å². The summed E-state index contributed by atoms with van der Waals surface area (Å²) in [7, 11) is 0. The molecule has 6 heavy (non-hydrogen) atoms. The van der Waals surface area contributed by atoms with Gasteiger partial charge in [0.25, 0.3) is 0 Å². The molecule has 0 atom stereocenters. The van der Waals surface area contributed by atoms with E-state index in [2.05, 4.69) is 13.2 Å². The van der Waals surface area contributed by atoms with Gasteiger partial charge in [-0.05, 0) is 18.4 Å². The third kappa shape index (κ3) is 4.35. The van der Waals surface area contributed by atoms with Gasteiger partial charge in [-0.2, -0.15) is 0 Å². The van der Waals surface area contributed by atoms with Gasteiger partial charge in [0.2, 0.25) is 0 Å². The van der Waals surface area contributed by atoms with Gasteiger partial charge < -0.3 is 0 Å². The number of hydrogen-bond donors (Lipinski definition) is 0. The molecule has 0 rings (SSSR count). The number of unbranched alkanes of at least 4 members (excludes halogenated alkanes) is 1. The lowest BCUT2D eigenvalue weighted by molar-refractivity contribution is 0.897. The fourth-order valence-electron chi connectivity index (χ4n) is 0.354. The van der Waals surface area contributed by atoms with Crippen molar-refractivity contribution in [3.05, 3.63) is 0 Å². The molecule has 0 saturated heterocycles. The van der Waals surface area contributed by atoms with E-state index in [-0.39, 0.29) is 0 Å². The maximum Gasteiger partial charge on any atom is -0.0280 e. The lowest BCUT2D eigenvalue weighted by atomic mass is 10.4. The smallest absolute Gasteiger partial charge is 0.0280 e. The Balaban J connectivity index is 2.34. The van der Waals surface area contributed by atoms with Gasteiger partial charge in [-0.15, -0.1) is 0 Å². The summed E-state index contributed by atoms with van der Waals surface area (Å²) in [4.78, 5) is 0. The van der Waals surface area contributed by atoms with Gasteiger partial charge in [-0.25, -0.2) is 0 Å². The normalized spacial score (nSPS) is 12.3. The molecule has 0 fully saturated rings. The molecule has 0 saturated carbocycles. The summed E-state index contributed by atoms with van der Waals surface area (Å²) in [5.41, 5.74) is 0. The van der Waals surface area contributed by atoms with Crippen molar-refractivity contribution in [2.24, 2.45) is 0 Å². The van der Waals surface area contributed by atoms with Crippen LogP contribution in [0.25, 0.3) is 0 Å². The van der Waals surface area contributed by atoms with Crippen LogP contribution in [0.4, 0.5) is 0 Å². The highest BCUT2D eigenvalue weighted by Crippen LogP contribution is 1.96. The topological polar surface area (TPSA) is 0 Å². The van der Waals surface area contributed by atoms with E-state index in [1.165, 1.54) is 18.6 Å². The first-order valence-electron chi connectivity index (χ1n) is 2.56. The molecule has 0 aliphatic rings. The molecular formula is C5H14S. The average Bonchev–Trinajstić information content (AvgIpc) is 1.61. The highest BCUT2D eigenvalue weighted by molar-refractivity contribution is 7.98. The molecule has 0 heterocycles. The predicted molar refractivity (Wildman–Crippen MR) is 36.1 cm³/mol. The zero-order chi connectivity index (χ0) is 4.83. The van der Waals surface area contributed by atoms with Gasteiger partial charge in [-0.1, -0.05) is 13.3 Å². The van der Waals surface area contributed by atoms with Crippen LogP contribution in [0.3, 0.4) is 0 Å². The molecule has 0 aromatic carbocycles. The Labute approximate surface area is 44.3 Å². The molecule has 0 unspecified atom stereocenters. The molecule has 0 aromatic heterocycles. The Kier molecular flexibility index (Phi) is 5.66. The van der Waals surface area contributed by atoms with Crippen molar-refractivity contribution in [3.63, 3.8) is 0 Å². The monoisotopic (exact) mass is 106 g/mol. The van der Waals surface area contributed by atoms with Crippen molar-refractivity contribution in [2.45, 2.75) is 19.8 Å². The van der Waals surface area contributed by atoms with E-state index in [0.29, 0.717) is 0 Å². The van der Waals surface area contributed by atoms with Crippen LogP contribution in [0.2, 0.25) is 0 Å². The van der Waals surface area contributed by atoms with Crippen molar-refractivity contribution >= 4 is 11.8 Å². The Morgan fingerprint density at radius 2 is 2.17 bits per heavy atom. The van der Waals surface area contributed by atoms with Crippen LogP contribution in [-0.4, -0.2) is 12.0 Å². The summed E-state index contributed by atoms with van der Waals surface area (Å²) in [5.74, 6) is 1.44. The molecule has 0 aromatic rings. The fraction of sp³-hybridized carbons (Fsp3) is 1.00. The molecular weight excluding hydrogens is 92.1 g/mol. The molecule has 0 nitrogen and oxygen atoms in total. The van der Waals surface area contributed by atoms with E-state index in [1.807, 2.05) is 0 Å². The summed E-state index contributed by atoms with van der Waals surface area (Å²) in [6.07, 6.45) is 5.05. The third-order valence-corrected chi connectivity index (χ3v) is 1.63. The van der Waals surface area contributed by atoms with Crippen molar-refractivity contribution in [3.8, 4) is 0 Å². The minimum absolute atomic E-state index is 1.16. The quantitative estimate of drug-likeness (QED) is 0.479. The van der Waals surface area contributed by atoms with Crippen molar-refractivity contribution in [1.82, 2.24) is 0 Å². The van der Waals surface area contributed by atoms with Gasteiger partial charge in [0.15, 0.2) is 0 Å². The lowest BCUT2D eigenvalue weighted by Crippen LogP contribution is -1.71. The van der Waals surface area contributed by atoms with Crippen LogP contribution in [0.15, 0.2) is 0 Å². The van der Waals surface area contributed by atoms with Gasteiger partial charge in [0.1, 0.15) is 0 Å². The molecule has 40 valence electrons. The van der Waals surface area contributed by atoms with Gasteiger partial charge in [0, 0.05) is 0 Å². The molecule has 0 bridgehead atoms. The zero-order valence-corrected chi connectivity index (χ0v) is 5.62. The summed E-state index contributed by atoms with van der Waals surface area (Å²) in [6, 6.07) is 0. The zero-order valence-electron chi connectivity index (χ0n) is 4.62. The molecule has 0 N–H and O–H groups in total.